The smallest absolute Gasteiger partial charge is 0.254 e. The molecule has 5 rings (SSSR count). The molecule has 0 saturated carbocycles. The van der Waals surface area contributed by atoms with E-state index in [1.54, 1.807) is 4.68 Å². The van der Waals surface area contributed by atoms with Crippen molar-refractivity contribution in [2.45, 2.75) is 18.9 Å². The summed E-state index contributed by atoms with van der Waals surface area (Å²) in [6.45, 7) is 1.87. The summed E-state index contributed by atoms with van der Waals surface area (Å²) in [5.74, 6) is 1.55. The van der Waals surface area contributed by atoms with Crippen LogP contribution in [0.4, 0.5) is 0 Å². The maximum atomic E-state index is 13.1. The van der Waals surface area contributed by atoms with E-state index in [1.165, 1.54) is 6.33 Å². The summed E-state index contributed by atoms with van der Waals surface area (Å²) in [5, 5.41) is 11.1. The molecule has 1 amide bonds. The van der Waals surface area contributed by atoms with Crippen LogP contribution in [0.2, 0.25) is 0 Å². The summed E-state index contributed by atoms with van der Waals surface area (Å²) in [7, 11) is 0. The van der Waals surface area contributed by atoms with Crippen molar-refractivity contribution in [3.05, 3.63) is 59.9 Å². The standard InChI is InChI=1S/C20H19N5O3/c26-20(14-3-6-16(7-4-14)25-13-21-22-23-25)24-9-1-2-17(24)15-5-8-18-19(12-15)28-11-10-27-18/h3-8,12-13,17H,1-2,9-11H2/t17-/m0/s1. The zero-order valence-corrected chi connectivity index (χ0v) is 15.2. The first-order chi connectivity index (χ1) is 13.8. The Hall–Kier alpha value is -3.42. The second kappa shape index (κ2) is 6.95. The molecule has 3 heterocycles. The molecule has 1 saturated heterocycles. The lowest BCUT2D eigenvalue weighted by Crippen LogP contribution is -2.30. The van der Waals surface area contributed by atoms with Crippen molar-refractivity contribution >= 4 is 5.91 Å². The highest BCUT2D eigenvalue weighted by atomic mass is 16.6. The Morgan fingerprint density at radius 1 is 1.04 bits per heavy atom. The molecule has 0 N–H and O–H groups in total. The van der Waals surface area contributed by atoms with Crippen LogP contribution >= 0.6 is 0 Å². The Morgan fingerprint density at radius 2 is 1.86 bits per heavy atom. The van der Waals surface area contributed by atoms with E-state index in [9.17, 15) is 4.79 Å². The van der Waals surface area contributed by atoms with Crippen LogP contribution < -0.4 is 9.47 Å². The Kier molecular flexibility index (Phi) is 4.16. The van der Waals surface area contributed by atoms with Gasteiger partial charge in [0.25, 0.3) is 5.91 Å². The van der Waals surface area contributed by atoms with Crippen LogP contribution in [0.15, 0.2) is 48.8 Å². The third kappa shape index (κ3) is 2.96. The van der Waals surface area contributed by atoms with Crippen molar-refractivity contribution in [1.82, 2.24) is 25.1 Å². The average Bonchev–Trinajstić information content (AvgIpc) is 3.45. The molecule has 1 fully saturated rings. The SMILES string of the molecule is O=C(c1ccc(-n2cnnn2)cc1)N1CCC[C@H]1c1ccc2c(c1)OCCO2. The third-order valence-corrected chi connectivity index (χ3v) is 5.19. The number of nitrogens with zero attached hydrogens (tertiary/aromatic N) is 5. The lowest BCUT2D eigenvalue weighted by molar-refractivity contribution is 0.0735. The minimum absolute atomic E-state index is 0.0284. The van der Waals surface area contributed by atoms with E-state index in [1.807, 2.05) is 47.4 Å². The lowest BCUT2D eigenvalue weighted by atomic mass is 10.0. The zero-order valence-electron chi connectivity index (χ0n) is 15.2. The molecule has 8 nitrogen and oxygen atoms in total. The van der Waals surface area contributed by atoms with Crippen molar-refractivity contribution in [3.63, 3.8) is 0 Å². The van der Waals surface area contributed by atoms with Crippen LogP contribution in [-0.4, -0.2) is 50.8 Å². The number of likely N-dealkylation sites (tertiary alicyclic amines) is 1. The van der Waals surface area contributed by atoms with Gasteiger partial charge in [0, 0.05) is 12.1 Å². The molecule has 142 valence electrons. The molecule has 2 aliphatic rings. The van der Waals surface area contributed by atoms with Gasteiger partial charge in [-0.05, 0) is 65.2 Å². The normalized spacial score (nSPS) is 18.3. The van der Waals surface area contributed by atoms with E-state index in [-0.39, 0.29) is 11.9 Å². The van der Waals surface area contributed by atoms with Gasteiger partial charge in [0.15, 0.2) is 11.5 Å². The maximum Gasteiger partial charge on any atom is 0.254 e. The fraction of sp³-hybridized carbons (Fsp3) is 0.300. The first-order valence-electron chi connectivity index (χ1n) is 9.33. The molecule has 1 aromatic heterocycles. The summed E-state index contributed by atoms with van der Waals surface area (Å²) in [4.78, 5) is 15.1. The summed E-state index contributed by atoms with van der Waals surface area (Å²) in [6, 6.07) is 13.3. The predicted octanol–water partition coefficient (Wildman–Crippen LogP) is 2.41. The van der Waals surface area contributed by atoms with Gasteiger partial charge in [-0.25, -0.2) is 4.68 Å². The molecule has 2 aliphatic heterocycles. The van der Waals surface area contributed by atoms with Crippen molar-refractivity contribution < 1.29 is 14.3 Å². The van der Waals surface area contributed by atoms with Crippen molar-refractivity contribution in [3.8, 4) is 17.2 Å². The molecule has 0 unspecified atom stereocenters. The molecule has 0 radical (unpaired) electrons. The van der Waals surface area contributed by atoms with Gasteiger partial charge in [-0.1, -0.05) is 6.07 Å². The molecule has 0 spiro atoms. The van der Waals surface area contributed by atoms with Crippen LogP contribution in [0.5, 0.6) is 11.5 Å². The second-order valence-electron chi connectivity index (χ2n) is 6.86. The van der Waals surface area contributed by atoms with Crippen LogP contribution in [0, 0.1) is 0 Å². The fourth-order valence-corrected chi connectivity index (χ4v) is 3.83. The van der Waals surface area contributed by atoms with Crippen LogP contribution in [-0.2, 0) is 0 Å². The Balaban J connectivity index is 1.38. The minimum Gasteiger partial charge on any atom is -0.486 e. The van der Waals surface area contributed by atoms with Crippen molar-refractivity contribution in [2.24, 2.45) is 0 Å². The number of rotatable bonds is 3. The second-order valence-corrected chi connectivity index (χ2v) is 6.86. The monoisotopic (exact) mass is 377 g/mol. The molecule has 0 aliphatic carbocycles. The average molecular weight is 377 g/mol. The van der Waals surface area contributed by atoms with Crippen LogP contribution in [0.3, 0.4) is 0 Å². The largest absolute Gasteiger partial charge is 0.486 e. The minimum atomic E-state index is 0.0284. The van der Waals surface area contributed by atoms with Crippen molar-refractivity contribution in [2.75, 3.05) is 19.8 Å². The van der Waals surface area contributed by atoms with Gasteiger partial charge >= 0.3 is 0 Å². The van der Waals surface area contributed by atoms with Crippen LogP contribution in [0.25, 0.3) is 5.69 Å². The number of amides is 1. The van der Waals surface area contributed by atoms with Crippen LogP contribution in [0.1, 0.15) is 34.8 Å². The van der Waals surface area contributed by atoms with E-state index >= 15 is 0 Å². The summed E-state index contributed by atoms with van der Waals surface area (Å²) < 4.78 is 12.9. The van der Waals surface area contributed by atoms with Gasteiger partial charge in [-0.2, -0.15) is 0 Å². The van der Waals surface area contributed by atoms with Gasteiger partial charge in [0.05, 0.1) is 11.7 Å². The highest BCUT2D eigenvalue weighted by Gasteiger charge is 2.31. The number of carbonyl (C=O) groups excluding carboxylic acids is 1. The molecule has 3 aromatic rings. The molecule has 0 bridgehead atoms. The summed E-state index contributed by atoms with van der Waals surface area (Å²) in [5.41, 5.74) is 2.55. The maximum absolute atomic E-state index is 13.1. The van der Waals surface area contributed by atoms with Gasteiger partial charge in [0.2, 0.25) is 0 Å². The first kappa shape index (κ1) is 16.7. The van der Waals surface area contributed by atoms with E-state index in [0.29, 0.717) is 18.8 Å². The Morgan fingerprint density at radius 3 is 2.64 bits per heavy atom. The topological polar surface area (TPSA) is 82.4 Å². The van der Waals surface area contributed by atoms with Gasteiger partial charge in [0.1, 0.15) is 19.5 Å². The predicted molar refractivity (Wildman–Crippen MR) is 99.6 cm³/mol. The van der Waals surface area contributed by atoms with Gasteiger partial charge in [-0.15, -0.1) is 5.10 Å². The van der Waals surface area contributed by atoms with E-state index in [2.05, 4.69) is 15.5 Å². The highest BCUT2D eigenvalue weighted by Crippen LogP contribution is 2.38. The number of hydrogen-bond acceptors (Lipinski definition) is 6. The Labute approximate surface area is 161 Å². The fourth-order valence-electron chi connectivity index (χ4n) is 3.83. The van der Waals surface area contributed by atoms with Crippen molar-refractivity contribution in [1.29, 1.82) is 0 Å². The lowest BCUT2D eigenvalue weighted by Gasteiger charge is -2.27. The number of benzene rings is 2. The molecule has 1 atom stereocenters. The quantitative estimate of drug-likeness (QED) is 0.697. The molecule has 28 heavy (non-hydrogen) atoms. The zero-order chi connectivity index (χ0) is 18.9. The van der Waals surface area contributed by atoms with Gasteiger partial charge < -0.3 is 14.4 Å². The summed E-state index contributed by atoms with van der Waals surface area (Å²) in [6.07, 6.45) is 3.44. The molecular formula is C20H19N5O3. The number of ether oxygens (including phenoxy) is 2. The first-order valence-corrected chi connectivity index (χ1v) is 9.33. The number of hydrogen-bond donors (Lipinski definition) is 0. The number of tetrazole rings is 1. The van der Waals surface area contributed by atoms with E-state index in [4.69, 9.17) is 9.47 Å². The number of fused-ring (bicyclic) bond motifs is 1. The summed E-state index contributed by atoms with van der Waals surface area (Å²) >= 11 is 0. The van der Waals surface area contributed by atoms with E-state index in [0.717, 1.165) is 42.1 Å². The van der Waals surface area contributed by atoms with E-state index < -0.39 is 0 Å². The number of carbonyl (C=O) groups is 1. The molecule has 8 heteroatoms. The highest BCUT2D eigenvalue weighted by molar-refractivity contribution is 5.94. The van der Waals surface area contributed by atoms with Gasteiger partial charge in [-0.3, -0.25) is 4.79 Å². The number of aromatic nitrogens is 4. The molecular weight excluding hydrogens is 358 g/mol. The Bertz CT molecular complexity index is 988. The third-order valence-electron chi connectivity index (χ3n) is 5.19. The molecule has 2 aromatic carbocycles.